The van der Waals surface area contributed by atoms with Crippen LogP contribution in [0.2, 0.25) is 0 Å². The molecule has 0 unspecified atom stereocenters. The van der Waals surface area contributed by atoms with Gasteiger partial charge in [0.15, 0.2) is 0 Å². The van der Waals surface area contributed by atoms with Crippen LogP contribution in [-0.2, 0) is 6.42 Å². The van der Waals surface area contributed by atoms with Crippen LogP contribution in [0.15, 0.2) is 91.0 Å². The Balaban J connectivity index is 1.65. The maximum Gasteiger partial charge on any atom is 0.119 e. The fourth-order valence-electron chi connectivity index (χ4n) is 3.00. The zero-order valence-corrected chi connectivity index (χ0v) is 17.0. The van der Waals surface area contributed by atoms with Crippen molar-refractivity contribution in [2.45, 2.75) is 19.0 Å². The fourth-order valence-corrected chi connectivity index (χ4v) is 3.00. The van der Waals surface area contributed by atoms with E-state index in [1.165, 1.54) is 5.56 Å². The first-order valence-electron chi connectivity index (χ1n) is 9.77. The third kappa shape index (κ3) is 6.61. The van der Waals surface area contributed by atoms with Crippen LogP contribution in [-0.4, -0.2) is 20.4 Å². The van der Waals surface area contributed by atoms with Crippen molar-refractivity contribution in [1.29, 1.82) is 0 Å². The predicted molar refractivity (Wildman–Crippen MR) is 121 cm³/mol. The summed E-state index contributed by atoms with van der Waals surface area (Å²) in [4.78, 5) is 0. The van der Waals surface area contributed by atoms with Gasteiger partial charge in [0, 0.05) is 17.8 Å². The molecule has 0 saturated carbocycles. The first-order chi connectivity index (χ1) is 14.3. The Hall–Kier alpha value is -3.40. The van der Waals surface area contributed by atoms with Gasteiger partial charge in [0.2, 0.25) is 0 Å². The molecule has 0 amide bonds. The molecule has 0 spiro atoms. The summed E-state index contributed by atoms with van der Waals surface area (Å²) < 4.78 is 10.5. The lowest BCUT2D eigenvalue weighted by Crippen LogP contribution is -2.28. The standard InChI is InChI=1S/C25H28N2O2/c1-28-23-16-12-21(13-17-23)26-25(27-22-14-18-24(29-2)19-15-22)11-7-6-10-20-8-4-3-5-9-20/h3-9,12-19,25-27H,10-11H2,1-2H3/b7-6+. The topological polar surface area (TPSA) is 42.5 Å². The number of hydrogen-bond acceptors (Lipinski definition) is 4. The van der Waals surface area contributed by atoms with Crippen molar-refractivity contribution in [1.82, 2.24) is 0 Å². The Morgan fingerprint density at radius 1 is 0.690 bits per heavy atom. The normalized spacial score (nSPS) is 10.9. The lowest BCUT2D eigenvalue weighted by molar-refractivity contribution is 0.415. The number of nitrogens with one attached hydrogen (secondary N) is 2. The van der Waals surface area contributed by atoms with Crippen molar-refractivity contribution in [3.05, 3.63) is 96.6 Å². The number of allylic oxidation sites excluding steroid dienone is 1. The largest absolute Gasteiger partial charge is 0.497 e. The Kier molecular flexibility index (Phi) is 7.58. The summed E-state index contributed by atoms with van der Waals surface area (Å²) in [6.07, 6.45) is 6.24. The van der Waals surface area contributed by atoms with Gasteiger partial charge in [-0.15, -0.1) is 0 Å². The Bertz CT molecular complexity index is 825. The molecular weight excluding hydrogens is 360 g/mol. The highest BCUT2D eigenvalue weighted by Gasteiger charge is 2.07. The van der Waals surface area contributed by atoms with Gasteiger partial charge in [-0.2, -0.15) is 0 Å². The van der Waals surface area contributed by atoms with Gasteiger partial charge >= 0.3 is 0 Å². The van der Waals surface area contributed by atoms with Gasteiger partial charge < -0.3 is 20.1 Å². The van der Waals surface area contributed by atoms with E-state index in [-0.39, 0.29) is 6.17 Å². The van der Waals surface area contributed by atoms with E-state index in [1.54, 1.807) is 14.2 Å². The van der Waals surface area contributed by atoms with E-state index < -0.39 is 0 Å². The average Bonchev–Trinajstić information content (AvgIpc) is 2.78. The first-order valence-corrected chi connectivity index (χ1v) is 9.77. The van der Waals surface area contributed by atoms with Crippen LogP contribution in [0.3, 0.4) is 0 Å². The molecule has 0 saturated heterocycles. The van der Waals surface area contributed by atoms with Crippen molar-refractivity contribution in [2.24, 2.45) is 0 Å². The molecule has 3 aromatic rings. The molecule has 0 aromatic heterocycles. The van der Waals surface area contributed by atoms with Crippen molar-refractivity contribution >= 4 is 11.4 Å². The summed E-state index contributed by atoms with van der Waals surface area (Å²) in [6.45, 7) is 0. The average molecular weight is 389 g/mol. The molecular formula is C25H28N2O2. The van der Waals surface area contributed by atoms with Gasteiger partial charge in [-0.05, 0) is 60.5 Å². The van der Waals surface area contributed by atoms with Gasteiger partial charge in [-0.25, -0.2) is 0 Å². The molecule has 0 aliphatic carbocycles. The minimum absolute atomic E-state index is 0.0452. The quantitative estimate of drug-likeness (QED) is 0.343. The molecule has 2 N–H and O–H groups in total. The SMILES string of the molecule is COc1ccc(NC(C/C=C/Cc2ccccc2)Nc2ccc(OC)cc2)cc1. The van der Waals surface area contributed by atoms with Crippen LogP contribution in [0, 0.1) is 0 Å². The minimum Gasteiger partial charge on any atom is -0.497 e. The highest BCUT2D eigenvalue weighted by Crippen LogP contribution is 2.20. The van der Waals surface area contributed by atoms with E-state index >= 15 is 0 Å². The van der Waals surface area contributed by atoms with Gasteiger partial charge in [-0.1, -0.05) is 42.5 Å². The monoisotopic (exact) mass is 388 g/mol. The summed E-state index contributed by atoms with van der Waals surface area (Å²) in [6, 6.07) is 26.4. The van der Waals surface area contributed by atoms with Crippen LogP contribution >= 0.6 is 0 Å². The van der Waals surface area contributed by atoms with Crippen molar-refractivity contribution in [2.75, 3.05) is 24.9 Å². The predicted octanol–water partition coefficient (Wildman–Crippen LogP) is 5.74. The Labute approximate surface area is 173 Å². The number of hydrogen-bond donors (Lipinski definition) is 2. The molecule has 29 heavy (non-hydrogen) atoms. The molecule has 0 atom stereocenters. The maximum absolute atomic E-state index is 5.25. The van der Waals surface area contributed by atoms with Crippen molar-refractivity contribution in [3.63, 3.8) is 0 Å². The number of rotatable bonds is 10. The third-order valence-electron chi connectivity index (χ3n) is 4.60. The van der Waals surface area contributed by atoms with Crippen LogP contribution in [0.1, 0.15) is 12.0 Å². The van der Waals surface area contributed by atoms with Crippen LogP contribution in [0.25, 0.3) is 0 Å². The van der Waals surface area contributed by atoms with Crippen LogP contribution in [0.5, 0.6) is 11.5 Å². The molecule has 0 fully saturated rings. The van der Waals surface area contributed by atoms with Crippen LogP contribution < -0.4 is 20.1 Å². The summed E-state index contributed by atoms with van der Waals surface area (Å²) >= 11 is 0. The molecule has 4 nitrogen and oxygen atoms in total. The lowest BCUT2D eigenvalue weighted by Gasteiger charge is -2.22. The molecule has 3 rings (SSSR count). The molecule has 4 heteroatoms. The highest BCUT2D eigenvalue weighted by molar-refractivity contribution is 5.52. The molecule has 0 heterocycles. The van der Waals surface area contributed by atoms with Gasteiger partial charge in [0.1, 0.15) is 11.5 Å². The fraction of sp³-hybridized carbons (Fsp3) is 0.200. The van der Waals surface area contributed by atoms with E-state index in [2.05, 4.69) is 47.1 Å². The van der Waals surface area contributed by atoms with Gasteiger partial charge in [0.25, 0.3) is 0 Å². The minimum atomic E-state index is 0.0452. The number of benzene rings is 3. The number of ether oxygens (including phenoxy) is 2. The Morgan fingerprint density at radius 3 is 1.69 bits per heavy atom. The second kappa shape index (κ2) is 10.8. The van der Waals surface area contributed by atoms with E-state index in [4.69, 9.17) is 9.47 Å². The second-order valence-electron chi connectivity index (χ2n) is 6.70. The summed E-state index contributed by atoms with van der Waals surface area (Å²) in [5.74, 6) is 1.69. The smallest absolute Gasteiger partial charge is 0.119 e. The van der Waals surface area contributed by atoms with E-state index in [0.717, 1.165) is 35.7 Å². The van der Waals surface area contributed by atoms with Crippen molar-refractivity contribution in [3.8, 4) is 11.5 Å². The summed E-state index contributed by atoms with van der Waals surface area (Å²) in [5, 5.41) is 7.11. The molecule has 0 bridgehead atoms. The summed E-state index contributed by atoms with van der Waals surface area (Å²) in [5.41, 5.74) is 3.38. The maximum atomic E-state index is 5.25. The first kappa shape index (κ1) is 20.3. The number of anilines is 2. The number of methoxy groups -OCH3 is 2. The zero-order valence-electron chi connectivity index (χ0n) is 17.0. The van der Waals surface area contributed by atoms with E-state index in [1.807, 2.05) is 54.6 Å². The summed E-state index contributed by atoms with van der Waals surface area (Å²) in [7, 11) is 3.35. The molecule has 150 valence electrons. The molecule has 0 aliphatic heterocycles. The highest BCUT2D eigenvalue weighted by atomic mass is 16.5. The molecule has 3 aromatic carbocycles. The van der Waals surface area contributed by atoms with Crippen LogP contribution in [0.4, 0.5) is 11.4 Å². The van der Waals surface area contributed by atoms with E-state index in [0.29, 0.717) is 0 Å². The zero-order chi connectivity index (χ0) is 20.3. The van der Waals surface area contributed by atoms with Gasteiger partial charge in [-0.3, -0.25) is 0 Å². The Morgan fingerprint density at radius 2 is 1.21 bits per heavy atom. The van der Waals surface area contributed by atoms with Crippen molar-refractivity contribution < 1.29 is 9.47 Å². The molecule has 0 aliphatic rings. The van der Waals surface area contributed by atoms with Gasteiger partial charge in [0.05, 0.1) is 20.4 Å². The molecule has 0 radical (unpaired) electrons. The second-order valence-corrected chi connectivity index (χ2v) is 6.70. The third-order valence-corrected chi connectivity index (χ3v) is 4.60. The van der Waals surface area contributed by atoms with E-state index in [9.17, 15) is 0 Å². The lowest BCUT2D eigenvalue weighted by atomic mass is 10.1.